The summed E-state index contributed by atoms with van der Waals surface area (Å²) in [4.78, 5) is 32.3. The number of carbonyl (C=O) groups is 2. The summed E-state index contributed by atoms with van der Waals surface area (Å²) in [5, 5.41) is 13.2. The highest BCUT2D eigenvalue weighted by Gasteiger charge is 2.49. The van der Waals surface area contributed by atoms with E-state index in [4.69, 9.17) is 16.3 Å². The van der Waals surface area contributed by atoms with Crippen LogP contribution in [0.15, 0.2) is 53.4 Å². The Morgan fingerprint density at radius 2 is 2.03 bits per heavy atom. The fourth-order valence-corrected chi connectivity index (χ4v) is 5.94. The van der Waals surface area contributed by atoms with Gasteiger partial charge in [-0.25, -0.2) is 13.8 Å². The Morgan fingerprint density at radius 3 is 2.74 bits per heavy atom. The van der Waals surface area contributed by atoms with Crippen LogP contribution in [-0.4, -0.2) is 28.4 Å². The van der Waals surface area contributed by atoms with E-state index in [1.165, 1.54) is 23.5 Å². The lowest BCUT2D eigenvalue weighted by molar-refractivity contribution is -0.132. The summed E-state index contributed by atoms with van der Waals surface area (Å²) < 4.78 is 33.7. The highest BCUT2D eigenvalue weighted by molar-refractivity contribution is 7.22. The van der Waals surface area contributed by atoms with Gasteiger partial charge in [0.1, 0.15) is 28.9 Å². The van der Waals surface area contributed by atoms with E-state index in [0.29, 0.717) is 23.3 Å². The molecule has 4 aromatic rings. The number of benzene rings is 2. The van der Waals surface area contributed by atoms with E-state index in [9.17, 15) is 23.5 Å². The van der Waals surface area contributed by atoms with Gasteiger partial charge in [-0.15, -0.1) is 11.3 Å². The third-order valence-corrected chi connectivity index (χ3v) is 7.63. The van der Waals surface area contributed by atoms with Crippen molar-refractivity contribution in [3.8, 4) is 5.75 Å². The fourth-order valence-electron chi connectivity index (χ4n) is 3.88. The molecule has 0 aliphatic carbocycles. The third kappa shape index (κ3) is 3.97. The van der Waals surface area contributed by atoms with E-state index in [1.54, 1.807) is 30.5 Å². The molecule has 1 unspecified atom stereocenters. The van der Waals surface area contributed by atoms with E-state index in [1.807, 2.05) is 0 Å². The molecule has 35 heavy (non-hydrogen) atoms. The van der Waals surface area contributed by atoms with Crippen LogP contribution in [0, 0.1) is 11.6 Å². The van der Waals surface area contributed by atoms with Crippen LogP contribution in [0.25, 0.3) is 16.0 Å². The maximum absolute atomic E-state index is 14.3. The highest BCUT2D eigenvalue weighted by Crippen LogP contribution is 2.46. The summed E-state index contributed by atoms with van der Waals surface area (Å²) in [5.41, 5.74) is -0.195. The third-order valence-electron chi connectivity index (χ3n) is 5.37. The van der Waals surface area contributed by atoms with Crippen LogP contribution in [0.2, 0.25) is 5.02 Å². The Morgan fingerprint density at radius 1 is 1.23 bits per heavy atom. The molecule has 1 aliphatic heterocycles. The average Bonchev–Trinajstić information content (AvgIpc) is 3.54. The molecule has 0 bridgehead atoms. The molecule has 6 nitrogen and oxygen atoms in total. The summed E-state index contributed by atoms with van der Waals surface area (Å²) in [6.45, 7) is 2.17. The van der Waals surface area contributed by atoms with Crippen LogP contribution in [0.1, 0.15) is 23.4 Å². The Balaban J connectivity index is 1.72. The summed E-state index contributed by atoms with van der Waals surface area (Å²) in [7, 11) is 0. The number of hydrogen-bond donors (Lipinski definition) is 1. The summed E-state index contributed by atoms with van der Waals surface area (Å²) in [6.07, 6.45) is 0. The minimum Gasteiger partial charge on any atom is -0.507 e. The molecule has 3 heterocycles. The van der Waals surface area contributed by atoms with Gasteiger partial charge in [0.2, 0.25) is 0 Å². The number of thiophene rings is 1. The second-order valence-electron chi connectivity index (χ2n) is 7.49. The Kier molecular flexibility index (Phi) is 6.04. The van der Waals surface area contributed by atoms with Crippen LogP contribution < -0.4 is 9.64 Å². The summed E-state index contributed by atoms with van der Waals surface area (Å²) in [5.74, 6) is -3.64. The molecular weight excluding hydrogens is 518 g/mol. The van der Waals surface area contributed by atoms with E-state index in [2.05, 4.69) is 4.98 Å². The molecule has 0 saturated carbocycles. The van der Waals surface area contributed by atoms with Crippen molar-refractivity contribution in [2.24, 2.45) is 0 Å². The predicted molar refractivity (Wildman–Crippen MR) is 131 cm³/mol. The van der Waals surface area contributed by atoms with Gasteiger partial charge in [-0.3, -0.25) is 14.5 Å². The second kappa shape index (κ2) is 9.03. The quantitative estimate of drug-likeness (QED) is 0.185. The number of aliphatic hydroxyl groups excluding tert-OH is 1. The first-order valence-corrected chi connectivity index (χ1v) is 12.4. The van der Waals surface area contributed by atoms with Crippen LogP contribution in [0.3, 0.4) is 0 Å². The normalized spacial score (nSPS) is 17.5. The predicted octanol–water partition coefficient (Wildman–Crippen LogP) is 6.31. The molecule has 1 saturated heterocycles. The van der Waals surface area contributed by atoms with Gasteiger partial charge >= 0.3 is 5.91 Å². The van der Waals surface area contributed by atoms with Gasteiger partial charge < -0.3 is 9.84 Å². The van der Waals surface area contributed by atoms with Crippen molar-refractivity contribution in [2.45, 2.75) is 13.0 Å². The number of ketones is 1. The fraction of sp³-hybridized carbons (Fsp3) is 0.125. The first kappa shape index (κ1) is 23.4. The largest absolute Gasteiger partial charge is 0.507 e. The monoisotopic (exact) mass is 532 g/mol. The molecular formula is C24H15ClF2N2O4S2. The van der Waals surface area contributed by atoms with Gasteiger partial charge in [-0.2, -0.15) is 0 Å². The van der Waals surface area contributed by atoms with Crippen LogP contribution >= 0.6 is 34.3 Å². The average molecular weight is 533 g/mol. The number of fused-ring (bicyclic) bond motifs is 1. The highest BCUT2D eigenvalue weighted by atomic mass is 35.5. The number of thiazole rings is 1. The van der Waals surface area contributed by atoms with Gasteiger partial charge in [0.25, 0.3) is 5.78 Å². The Bertz CT molecular complexity index is 1520. The molecule has 11 heteroatoms. The zero-order chi connectivity index (χ0) is 24.9. The molecule has 178 valence electrons. The van der Waals surface area contributed by atoms with Gasteiger partial charge in [-0.05, 0) is 42.6 Å². The molecule has 1 amide bonds. The standard InChI is InChI=1S/C24H15ClF2N2O4S2/c1-2-33-12-5-6-14(25)13(10-12)21(30)18-20(16-4-3-7-34-16)29(23(32)22(18)31)24-28-19-15(27)8-11(26)9-17(19)35-24/h3-10,20,30H,2H2,1H3/b21-18+. The van der Waals surface area contributed by atoms with E-state index in [0.717, 1.165) is 22.3 Å². The number of nitrogens with zero attached hydrogens (tertiary/aromatic N) is 2. The first-order valence-electron chi connectivity index (χ1n) is 10.3. The number of anilines is 1. The lowest BCUT2D eigenvalue weighted by atomic mass is 9.99. The maximum atomic E-state index is 14.3. The van der Waals surface area contributed by atoms with Gasteiger partial charge in [-0.1, -0.05) is 29.0 Å². The minimum atomic E-state index is -1.05. The number of halogens is 3. The summed E-state index contributed by atoms with van der Waals surface area (Å²) >= 11 is 8.45. The van der Waals surface area contributed by atoms with Crippen molar-refractivity contribution in [3.63, 3.8) is 0 Å². The van der Waals surface area contributed by atoms with Crippen molar-refractivity contribution in [2.75, 3.05) is 11.5 Å². The van der Waals surface area contributed by atoms with Crippen LogP contribution in [0.5, 0.6) is 5.75 Å². The number of carbonyl (C=O) groups excluding carboxylic acids is 2. The zero-order valence-electron chi connectivity index (χ0n) is 17.9. The minimum absolute atomic E-state index is 0.00165. The zero-order valence-corrected chi connectivity index (χ0v) is 20.3. The molecule has 1 fully saturated rings. The number of rotatable bonds is 5. The summed E-state index contributed by atoms with van der Waals surface area (Å²) in [6, 6.07) is 8.81. The lowest BCUT2D eigenvalue weighted by Crippen LogP contribution is -2.28. The number of amides is 1. The van der Waals surface area contributed by atoms with Crippen molar-refractivity contribution in [3.05, 3.63) is 80.5 Å². The van der Waals surface area contributed by atoms with Crippen molar-refractivity contribution in [1.82, 2.24) is 4.98 Å². The van der Waals surface area contributed by atoms with Gasteiger partial charge in [0, 0.05) is 16.5 Å². The van der Waals surface area contributed by atoms with E-state index in [-0.39, 0.29) is 31.5 Å². The second-order valence-corrected chi connectivity index (χ2v) is 9.89. The Labute approximate surface area is 210 Å². The maximum Gasteiger partial charge on any atom is 0.301 e. The molecule has 1 N–H and O–H groups in total. The van der Waals surface area contributed by atoms with Crippen molar-refractivity contribution < 1.29 is 28.2 Å². The lowest BCUT2D eigenvalue weighted by Gasteiger charge is -2.21. The van der Waals surface area contributed by atoms with Crippen LogP contribution in [-0.2, 0) is 9.59 Å². The SMILES string of the molecule is CCOc1ccc(Cl)c(/C(O)=C2\C(=O)C(=O)N(c3nc4c(F)cc(F)cc4s3)C2c2cccs2)c1. The molecule has 1 aliphatic rings. The first-order chi connectivity index (χ1) is 16.8. The molecule has 2 aromatic carbocycles. The van der Waals surface area contributed by atoms with E-state index >= 15 is 0 Å². The van der Waals surface area contributed by atoms with Crippen molar-refractivity contribution in [1.29, 1.82) is 0 Å². The van der Waals surface area contributed by atoms with Crippen LogP contribution in [0.4, 0.5) is 13.9 Å². The number of ether oxygens (including phenoxy) is 1. The molecule has 0 spiro atoms. The molecule has 0 radical (unpaired) electrons. The van der Waals surface area contributed by atoms with Gasteiger partial charge in [0.05, 0.1) is 21.9 Å². The molecule has 5 rings (SSSR count). The number of aromatic nitrogens is 1. The molecule has 2 aromatic heterocycles. The van der Waals surface area contributed by atoms with E-state index < -0.39 is 35.1 Å². The molecule has 1 atom stereocenters. The number of Topliss-reactive ketones (excluding diaryl/α,β-unsaturated/α-hetero) is 1. The van der Waals surface area contributed by atoms with Gasteiger partial charge in [0.15, 0.2) is 10.9 Å². The Hall–Kier alpha value is -3.34. The number of aliphatic hydroxyl groups is 1. The smallest absolute Gasteiger partial charge is 0.301 e. The topological polar surface area (TPSA) is 79.7 Å². The number of hydrogen-bond acceptors (Lipinski definition) is 7. The van der Waals surface area contributed by atoms with Crippen molar-refractivity contribution >= 4 is 67.1 Å².